The smallest absolute Gasteiger partial charge is 0.410 e. The standard InChI is InChI=1S/C20H28N2O3/c1-5-17(15-16-9-7-6-8-10-16)18(23)21-11-13-22(14-12-21)19(24)25-20(2,3)4/h6-10,15H,5,11-14H2,1-4H3/b17-15+. The first-order chi connectivity index (χ1) is 11.8. The van der Waals surface area contributed by atoms with Gasteiger partial charge in [-0.1, -0.05) is 37.3 Å². The summed E-state index contributed by atoms with van der Waals surface area (Å²) in [6, 6.07) is 9.86. The van der Waals surface area contributed by atoms with E-state index in [0.29, 0.717) is 32.6 Å². The first kappa shape index (κ1) is 19.0. The van der Waals surface area contributed by atoms with Crippen molar-refractivity contribution in [3.8, 4) is 0 Å². The Bertz CT molecular complexity index is 624. The van der Waals surface area contributed by atoms with E-state index in [1.165, 1.54) is 0 Å². The van der Waals surface area contributed by atoms with Crippen LogP contribution >= 0.6 is 0 Å². The van der Waals surface area contributed by atoms with Gasteiger partial charge in [0.1, 0.15) is 5.60 Å². The quantitative estimate of drug-likeness (QED) is 0.788. The fraction of sp³-hybridized carbons (Fsp3) is 0.500. The number of rotatable bonds is 3. The molecule has 0 radical (unpaired) electrons. The number of carbonyl (C=O) groups is 2. The van der Waals surface area contributed by atoms with Gasteiger partial charge in [0.05, 0.1) is 0 Å². The van der Waals surface area contributed by atoms with Gasteiger partial charge in [0.15, 0.2) is 0 Å². The van der Waals surface area contributed by atoms with E-state index in [-0.39, 0.29) is 12.0 Å². The number of carbonyl (C=O) groups excluding carboxylic acids is 2. The molecule has 1 aliphatic heterocycles. The number of benzene rings is 1. The molecule has 1 saturated heterocycles. The van der Waals surface area contributed by atoms with Crippen molar-refractivity contribution in [2.45, 2.75) is 39.7 Å². The van der Waals surface area contributed by atoms with E-state index in [1.807, 2.05) is 69.0 Å². The number of hydrogen-bond acceptors (Lipinski definition) is 3. The molecular formula is C20H28N2O3. The molecule has 136 valence electrons. The Balaban J connectivity index is 1.96. The van der Waals surface area contributed by atoms with E-state index >= 15 is 0 Å². The van der Waals surface area contributed by atoms with Gasteiger partial charge in [0, 0.05) is 31.8 Å². The SMILES string of the molecule is CC/C(=C\c1ccccc1)C(=O)N1CCN(C(=O)OC(C)(C)C)CC1. The minimum absolute atomic E-state index is 0.0511. The molecule has 0 N–H and O–H groups in total. The minimum atomic E-state index is -0.502. The van der Waals surface area contributed by atoms with Crippen molar-refractivity contribution in [2.75, 3.05) is 26.2 Å². The molecular weight excluding hydrogens is 316 g/mol. The molecule has 5 heteroatoms. The van der Waals surface area contributed by atoms with Crippen LogP contribution < -0.4 is 0 Å². The van der Waals surface area contributed by atoms with E-state index in [2.05, 4.69) is 0 Å². The van der Waals surface area contributed by atoms with Gasteiger partial charge in [-0.3, -0.25) is 4.79 Å². The van der Waals surface area contributed by atoms with Gasteiger partial charge in [-0.05, 0) is 38.8 Å². The first-order valence-corrected chi connectivity index (χ1v) is 8.83. The van der Waals surface area contributed by atoms with Gasteiger partial charge in [0.25, 0.3) is 0 Å². The number of nitrogens with zero attached hydrogens (tertiary/aromatic N) is 2. The highest BCUT2D eigenvalue weighted by atomic mass is 16.6. The predicted octanol–water partition coefficient (Wildman–Crippen LogP) is 3.56. The molecule has 0 spiro atoms. The lowest BCUT2D eigenvalue weighted by Gasteiger charge is -2.36. The third kappa shape index (κ3) is 5.62. The van der Waals surface area contributed by atoms with Gasteiger partial charge >= 0.3 is 6.09 Å². The summed E-state index contributed by atoms with van der Waals surface area (Å²) in [5, 5.41) is 0. The van der Waals surface area contributed by atoms with Crippen molar-refractivity contribution in [3.63, 3.8) is 0 Å². The van der Waals surface area contributed by atoms with Crippen LogP contribution in [0.5, 0.6) is 0 Å². The van der Waals surface area contributed by atoms with E-state index in [0.717, 1.165) is 11.1 Å². The van der Waals surface area contributed by atoms with Crippen LogP contribution in [0.1, 0.15) is 39.7 Å². The summed E-state index contributed by atoms with van der Waals surface area (Å²) >= 11 is 0. The average molecular weight is 344 g/mol. The van der Waals surface area contributed by atoms with Gasteiger partial charge < -0.3 is 14.5 Å². The van der Waals surface area contributed by atoms with Gasteiger partial charge in [-0.25, -0.2) is 4.79 Å². The second-order valence-corrected chi connectivity index (χ2v) is 7.19. The third-order valence-corrected chi connectivity index (χ3v) is 4.01. The maximum absolute atomic E-state index is 12.8. The number of amides is 2. The zero-order valence-corrected chi connectivity index (χ0v) is 15.6. The largest absolute Gasteiger partial charge is 0.444 e. The lowest BCUT2D eigenvalue weighted by molar-refractivity contribution is -0.128. The maximum atomic E-state index is 12.8. The Morgan fingerprint density at radius 3 is 2.12 bits per heavy atom. The van der Waals surface area contributed by atoms with Crippen LogP contribution in [0.4, 0.5) is 4.79 Å². The molecule has 2 amide bonds. The van der Waals surface area contributed by atoms with Crippen molar-refractivity contribution in [1.29, 1.82) is 0 Å². The first-order valence-electron chi connectivity index (χ1n) is 8.83. The Kier molecular flexibility index (Phi) is 6.23. The van der Waals surface area contributed by atoms with Crippen molar-refractivity contribution in [1.82, 2.24) is 9.80 Å². The summed E-state index contributed by atoms with van der Waals surface area (Å²) in [6.45, 7) is 9.62. The topological polar surface area (TPSA) is 49.9 Å². The average Bonchev–Trinajstić information content (AvgIpc) is 2.58. The predicted molar refractivity (Wildman–Crippen MR) is 99.1 cm³/mol. The zero-order chi connectivity index (χ0) is 18.4. The van der Waals surface area contributed by atoms with E-state index in [4.69, 9.17) is 4.74 Å². The minimum Gasteiger partial charge on any atom is -0.444 e. The molecule has 0 unspecified atom stereocenters. The molecule has 0 aliphatic carbocycles. The molecule has 1 aliphatic rings. The zero-order valence-electron chi connectivity index (χ0n) is 15.6. The molecule has 0 atom stereocenters. The molecule has 0 saturated carbocycles. The fourth-order valence-corrected chi connectivity index (χ4v) is 2.69. The molecule has 2 rings (SSSR count). The summed E-state index contributed by atoms with van der Waals surface area (Å²) in [7, 11) is 0. The van der Waals surface area contributed by atoms with Crippen LogP contribution in [0.2, 0.25) is 0 Å². The summed E-state index contributed by atoms with van der Waals surface area (Å²) in [4.78, 5) is 28.4. The lowest BCUT2D eigenvalue weighted by Crippen LogP contribution is -2.51. The molecule has 1 fully saturated rings. The van der Waals surface area contributed by atoms with Crippen LogP contribution in [0.25, 0.3) is 6.08 Å². The number of ether oxygens (including phenoxy) is 1. The molecule has 25 heavy (non-hydrogen) atoms. The summed E-state index contributed by atoms with van der Waals surface area (Å²) in [6.07, 6.45) is 2.32. The normalized spacial score (nSPS) is 15.9. The van der Waals surface area contributed by atoms with Gasteiger partial charge in [0.2, 0.25) is 5.91 Å². The van der Waals surface area contributed by atoms with Crippen LogP contribution in [0.15, 0.2) is 35.9 Å². The van der Waals surface area contributed by atoms with Gasteiger partial charge in [-0.15, -0.1) is 0 Å². The van der Waals surface area contributed by atoms with Crippen LogP contribution in [0, 0.1) is 0 Å². The summed E-state index contributed by atoms with van der Waals surface area (Å²) in [5.74, 6) is 0.0511. The van der Waals surface area contributed by atoms with E-state index < -0.39 is 5.60 Å². The van der Waals surface area contributed by atoms with Gasteiger partial charge in [-0.2, -0.15) is 0 Å². The van der Waals surface area contributed by atoms with Crippen molar-refractivity contribution in [3.05, 3.63) is 41.5 Å². The highest BCUT2D eigenvalue weighted by Gasteiger charge is 2.28. The summed E-state index contributed by atoms with van der Waals surface area (Å²) < 4.78 is 5.39. The monoisotopic (exact) mass is 344 g/mol. The molecule has 1 heterocycles. The van der Waals surface area contributed by atoms with Crippen LogP contribution in [0.3, 0.4) is 0 Å². The number of piperazine rings is 1. The molecule has 1 aromatic carbocycles. The second kappa shape index (κ2) is 8.19. The van der Waals surface area contributed by atoms with Crippen molar-refractivity contribution < 1.29 is 14.3 Å². The Hall–Kier alpha value is -2.30. The van der Waals surface area contributed by atoms with E-state index in [9.17, 15) is 9.59 Å². The molecule has 0 bridgehead atoms. The molecule has 1 aromatic rings. The lowest BCUT2D eigenvalue weighted by atomic mass is 10.1. The Morgan fingerprint density at radius 2 is 1.60 bits per heavy atom. The fourth-order valence-electron chi connectivity index (χ4n) is 2.69. The second-order valence-electron chi connectivity index (χ2n) is 7.19. The Morgan fingerprint density at radius 1 is 1.04 bits per heavy atom. The summed E-state index contributed by atoms with van der Waals surface area (Å²) in [5.41, 5.74) is 1.31. The molecule has 5 nitrogen and oxygen atoms in total. The van der Waals surface area contributed by atoms with Crippen LogP contribution in [-0.4, -0.2) is 53.6 Å². The number of hydrogen-bond donors (Lipinski definition) is 0. The van der Waals surface area contributed by atoms with Crippen LogP contribution in [-0.2, 0) is 9.53 Å². The highest BCUT2D eigenvalue weighted by Crippen LogP contribution is 2.16. The van der Waals surface area contributed by atoms with Crippen molar-refractivity contribution in [2.24, 2.45) is 0 Å². The third-order valence-electron chi connectivity index (χ3n) is 4.01. The molecule has 0 aromatic heterocycles. The highest BCUT2D eigenvalue weighted by molar-refractivity contribution is 5.97. The Labute approximate surface area is 150 Å². The van der Waals surface area contributed by atoms with E-state index in [1.54, 1.807) is 4.90 Å². The maximum Gasteiger partial charge on any atom is 0.410 e. The van der Waals surface area contributed by atoms with Crippen molar-refractivity contribution >= 4 is 18.1 Å².